The van der Waals surface area contributed by atoms with Crippen LogP contribution in [0.4, 0.5) is 0 Å². The molecule has 0 aromatic carbocycles. The van der Waals surface area contributed by atoms with Crippen LogP contribution in [0.3, 0.4) is 0 Å². The molecule has 1 aliphatic rings. The van der Waals surface area contributed by atoms with E-state index in [0.29, 0.717) is 12.1 Å². The Bertz CT molecular complexity index is 442. The van der Waals surface area contributed by atoms with Gasteiger partial charge in [-0.15, -0.1) is 0 Å². The Morgan fingerprint density at radius 1 is 1.39 bits per heavy atom. The van der Waals surface area contributed by atoms with E-state index in [1.807, 2.05) is 0 Å². The minimum Gasteiger partial charge on any atom is -0.430 e. The molecule has 0 bridgehead atoms. The van der Waals surface area contributed by atoms with Crippen LogP contribution >= 0.6 is 0 Å². The van der Waals surface area contributed by atoms with Gasteiger partial charge in [-0.05, 0) is 18.9 Å². The van der Waals surface area contributed by atoms with E-state index >= 15 is 0 Å². The van der Waals surface area contributed by atoms with Crippen molar-refractivity contribution in [3.63, 3.8) is 0 Å². The quantitative estimate of drug-likeness (QED) is 0.867. The highest BCUT2D eigenvalue weighted by Crippen LogP contribution is 2.24. The maximum absolute atomic E-state index is 12.3. The van der Waals surface area contributed by atoms with Crippen LogP contribution in [0.5, 0.6) is 0 Å². The van der Waals surface area contributed by atoms with Gasteiger partial charge in [-0.1, -0.05) is 12.8 Å². The van der Waals surface area contributed by atoms with E-state index in [9.17, 15) is 9.59 Å². The molecule has 0 aliphatic heterocycles. The van der Waals surface area contributed by atoms with E-state index < -0.39 is 5.63 Å². The van der Waals surface area contributed by atoms with Crippen molar-refractivity contribution in [3.05, 3.63) is 34.4 Å². The van der Waals surface area contributed by atoms with Crippen LogP contribution in [0, 0.1) is 0 Å². The fourth-order valence-electron chi connectivity index (χ4n) is 2.42. The molecule has 1 amide bonds. The Hall–Kier alpha value is -1.62. The SMILES string of the molecule is O=C(c1ccc(=O)oc1)N(CCO)C1CCCC1. The number of rotatable bonds is 4. The van der Waals surface area contributed by atoms with Gasteiger partial charge in [-0.25, -0.2) is 4.79 Å². The highest BCUT2D eigenvalue weighted by Gasteiger charge is 2.27. The number of aliphatic hydroxyl groups is 1. The molecule has 0 spiro atoms. The standard InChI is InChI=1S/C13H17NO4/c15-8-7-14(11-3-1-2-4-11)13(17)10-5-6-12(16)18-9-10/h5-6,9,11,15H,1-4,7-8H2. The Kier molecular flexibility index (Phi) is 4.15. The maximum Gasteiger partial charge on any atom is 0.335 e. The summed E-state index contributed by atoms with van der Waals surface area (Å²) < 4.78 is 4.70. The molecular formula is C13H17NO4. The van der Waals surface area contributed by atoms with Gasteiger partial charge in [0.05, 0.1) is 12.2 Å². The van der Waals surface area contributed by atoms with Crippen molar-refractivity contribution in [1.29, 1.82) is 0 Å². The van der Waals surface area contributed by atoms with Crippen molar-refractivity contribution in [1.82, 2.24) is 4.90 Å². The Balaban J connectivity index is 2.16. The third-order valence-electron chi connectivity index (χ3n) is 3.32. The minimum absolute atomic E-state index is 0.0565. The van der Waals surface area contributed by atoms with E-state index in [1.54, 1.807) is 4.90 Å². The number of aliphatic hydroxyl groups excluding tert-OH is 1. The second kappa shape index (κ2) is 5.82. The van der Waals surface area contributed by atoms with Crippen LogP contribution in [0.25, 0.3) is 0 Å². The summed E-state index contributed by atoms with van der Waals surface area (Å²) in [5.41, 5.74) is -0.115. The second-order valence-electron chi connectivity index (χ2n) is 4.50. The predicted octanol–water partition coefficient (Wildman–Crippen LogP) is 1.02. The highest BCUT2D eigenvalue weighted by atomic mass is 16.4. The average Bonchev–Trinajstić information content (AvgIpc) is 2.90. The van der Waals surface area contributed by atoms with Gasteiger partial charge in [0.1, 0.15) is 6.26 Å². The van der Waals surface area contributed by atoms with Crippen LogP contribution in [0.1, 0.15) is 36.0 Å². The summed E-state index contributed by atoms with van der Waals surface area (Å²) >= 11 is 0. The lowest BCUT2D eigenvalue weighted by Crippen LogP contribution is -2.40. The van der Waals surface area contributed by atoms with E-state index in [1.165, 1.54) is 18.4 Å². The molecular weight excluding hydrogens is 234 g/mol. The number of nitrogens with zero attached hydrogens (tertiary/aromatic N) is 1. The summed E-state index contributed by atoms with van der Waals surface area (Å²) in [6.45, 7) is 0.266. The first-order chi connectivity index (χ1) is 8.72. The van der Waals surface area contributed by atoms with Crippen LogP contribution < -0.4 is 5.63 Å². The molecule has 18 heavy (non-hydrogen) atoms. The predicted molar refractivity (Wildman–Crippen MR) is 65.4 cm³/mol. The molecule has 0 unspecified atom stereocenters. The monoisotopic (exact) mass is 251 g/mol. The summed E-state index contributed by atoms with van der Waals surface area (Å²) in [4.78, 5) is 24.8. The van der Waals surface area contributed by atoms with E-state index in [2.05, 4.69) is 0 Å². The van der Waals surface area contributed by atoms with Gasteiger partial charge in [-0.3, -0.25) is 4.79 Å². The molecule has 1 fully saturated rings. The van der Waals surface area contributed by atoms with Gasteiger partial charge in [0.2, 0.25) is 0 Å². The fraction of sp³-hybridized carbons (Fsp3) is 0.538. The van der Waals surface area contributed by atoms with Gasteiger partial charge in [0, 0.05) is 18.7 Å². The molecule has 0 radical (unpaired) electrons. The van der Waals surface area contributed by atoms with Crippen molar-refractivity contribution in [2.24, 2.45) is 0 Å². The summed E-state index contributed by atoms with van der Waals surface area (Å²) in [6.07, 6.45) is 5.36. The van der Waals surface area contributed by atoms with Crippen molar-refractivity contribution in [3.8, 4) is 0 Å². The number of carbonyl (C=O) groups excluding carboxylic acids is 1. The second-order valence-corrected chi connectivity index (χ2v) is 4.50. The van der Waals surface area contributed by atoms with Crippen molar-refractivity contribution in [2.75, 3.05) is 13.2 Å². The normalized spacial score (nSPS) is 15.8. The Labute approximate surface area is 105 Å². The number of hydrogen-bond donors (Lipinski definition) is 1. The first kappa shape index (κ1) is 12.8. The molecule has 2 rings (SSSR count). The molecule has 1 aliphatic carbocycles. The first-order valence-corrected chi connectivity index (χ1v) is 6.23. The molecule has 1 aromatic rings. The molecule has 1 saturated carbocycles. The molecule has 0 saturated heterocycles. The minimum atomic E-state index is -0.471. The van der Waals surface area contributed by atoms with Gasteiger partial charge in [-0.2, -0.15) is 0 Å². The van der Waals surface area contributed by atoms with Crippen LogP contribution in [-0.4, -0.2) is 35.1 Å². The molecule has 98 valence electrons. The number of carbonyl (C=O) groups is 1. The third-order valence-corrected chi connectivity index (χ3v) is 3.32. The average molecular weight is 251 g/mol. The third kappa shape index (κ3) is 2.79. The topological polar surface area (TPSA) is 70.8 Å². The van der Waals surface area contributed by atoms with Gasteiger partial charge >= 0.3 is 5.63 Å². The van der Waals surface area contributed by atoms with E-state index in [0.717, 1.165) is 25.7 Å². The van der Waals surface area contributed by atoms with Gasteiger partial charge in [0.15, 0.2) is 0 Å². The fourth-order valence-corrected chi connectivity index (χ4v) is 2.42. The van der Waals surface area contributed by atoms with Crippen molar-refractivity contribution < 1.29 is 14.3 Å². The summed E-state index contributed by atoms with van der Waals surface area (Å²) in [6, 6.07) is 2.89. The van der Waals surface area contributed by atoms with Crippen LogP contribution in [0.15, 0.2) is 27.6 Å². The molecule has 0 atom stereocenters. The molecule has 5 heteroatoms. The molecule has 1 N–H and O–H groups in total. The van der Waals surface area contributed by atoms with Gasteiger partial charge in [0.25, 0.3) is 5.91 Å². The van der Waals surface area contributed by atoms with E-state index in [4.69, 9.17) is 9.52 Å². The zero-order valence-electron chi connectivity index (χ0n) is 10.2. The number of amides is 1. The molecule has 5 nitrogen and oxygen atoms in total. The summed E-state index contributed by atoms with van der Waals surface area (Å²) in [5, 5.41) is 9.07. The lowest BCUT2D eigenvalue weighted by molar-refractivity contribution is 0.0635. The smallest absolute Gasteiger partial charge is 0.335 e. The van der Waals surface area contributed by atoms with Crippen LogP contribution in [0.2, 0.25) is 0 Å². The Morgan fingerprint density at radius 2 is 2.11 bits per heavy atom. The zero-order chi connectivity index (χ0) is 13.0. The van der Waals surface area contributed by atoms with Crippen LogP contribution in [-0.2, 0) is 0 Å². The summed E-state index contributed by atoms with van der Waals surface area (Å²) in [7, 11) is 0. The molecule has 1 heterocycles. The number of hydrogen-bond acceptors (Lipinski definition) is 4. The first-order valence-electron chi connectivity index (χ1n) is 6.23. The lowest BCUT2D eigenvalue weighted by atomic mass is 10.1. The van der Waals surface area contributed by atoms with Crippen molar-refractivity contribution >= 4 is 5.91 Å². The maximum atomic E-state index is 12.3. The van der Waals surface area contributed by atoms with Gasteiger partial charge < -0.3 is 14.4 Å². The largest absolute Gasteiger partial charge is 0.430 e. The van der Waals surface area contributed by atoms with Crippen molar-refractivity contribution in [2.45, 2.75) is 31.7 Å². The summed E-state index contributed by atoms with van der Waals surface area (Å²) in [5.74, 6) is -0.181. The van der Waals surface area contributed by atoms with E-state index in [-0.39, 0.29) is 18.6 Å². The molecule has 1 aromatic heterocycles. The zero-order valence-corrected chi connectivity index (χ0v) is 10.2. The Morgan fingerprint density at radius 3 is 2.67 bits per heavy atom. The lowest BCUT2D eigenvalue weighted by Gasteiger charge is -2.28. The highest BCUT2D eigenvalue weighted by molar-refractivity contribution is 5.94.